The third-order valence-electron chi connectivity index (χ3n) is 6.91. The molecule has 1 heterocycles. The number of rotatable bonds is 10. The van der Waals surface area contributed by atoms with Gasteiger partial charge in [0.2, 0.25) is 11.8 Å². The van der Waals surface area contributed by atoms with Crippen LogP contribution in [-0.2, 0) is 9.59 Å². The molecule has 2 amide bonds. The van der Waals surface area contributed by atoms with E-state index in [-0.39, 0.29) is 47.6 Å². The number of carbonyl (C=O) groups is 2. The van der Waals surface area contributed by atoms with Crippen molar-refractivity contribution >= 4 is 29.1 Å². The number of amides is 2. The van der Waals surface area contributed by atoms with Gasteiger partial charge in [-0.05, 0) is 50.2 Å². The summed E-state index contributed by atoms with van der Waals surface area (Å²) in [6, 6.07) is 6.75. The van der Waals surface area contributed by atoms with Crippen LogP contribution >= 0.6 is 11.6 Å². The van der Waals surface area contributed by atoms with E-state index in [1.165, 1.54) is 0 Å². The third kappa shape index (κ3) is 8.45. The molecule has 0 saturated carbocycles. The molecule has 1 aliphatic rings. The maximum absolute atomic E-state index is 13.0. The van der Waals surface area contributed by atoms with Crippen molar-refractivity contribution in [3.05, 3.63) is 29.3 Å². The molecule has 2 rings (SSSR count). The van der Waals surface area contributed by atoms with E-state index in [4.69, 9.17) is 17.3 Å². The number of para-hydroxylation sites is 1. The number of benzene rings is 1. The molecule has 1 aliphatic heterocycles. The fourth-order valence-electron chi connectivity index (χ4n) is 4.42. The molecule has 1 saturated heterocycles. The van der Waals surface area contributed by atoms with E-state index in [0.29, 0.717) is 30.3 Å². The van der Waals surface area contributed by atoms with Crippen LogP contribution in [0, 0.1) is 17.3 Å². The van der Waals surface area contributed by atoms with E-state index in [2.05, 4.69) is 39.9 Å². The van der Waals surface area contributed by atoms with Crippen LogP contribution in [0.4, 0.5) is 5.69 Å². The number of carbonyl (C=O) groups excluding carboxylic acids is 2. The fourth-order valence-corrected chi connectivity index (χ4v) is 4.66. The lowest BCUT2D eigenvalue weighted by atomic mass is 9.86. The van der Waals surface area contributed by atoms with Crippen molar-refractivity contribution in [1.82, 2.24) is 10.2 Å². The Bertz CT molecular complexity index is 868. The van der Waals surface area contributed by atoms with Gasteiger partial charge in [0.15, 0.2) is 0 Å². The number of nitrogens with one attached hydrogen (secondary N) is 1. The van der Waals surface area contributed by atoms with Gasteiger partial charge < -0.3 is 21.1 Å². The average molecular weight is 509 g/mol. The van der Waals surface area contributed by atoms with E-state index in [0.717, 1.165) is 6.42 Å². The summed E-state index contributed by atoms with van der Waals surface area (Å²) in [5.74, 6) is -0.358. The molecule has 3 atom stereocenters. The second-order valence-electron chi connectivity index (χ2n) is 12.0. The standard InChI is InChI=1S/C27H45ClN4O3/c1-18(2)19(25(35)30-13-12-26(3,4)5)14-23(33)21(29)15-31-16-24(34)32(17-27(31,6)7)22-11-9-8-10-20(22)28/h8-11,18-19,21,23,33H,12-17,29H2,1-7H3,(H,30,35)/t19-,21-,23-/m0/s1. The second-order valence-corrected chi connectivity index (χ2v) is 12.5. The number of aliphatic hydroxyl groups excluding tert-OH is 1. The molecular formula is C27H45ClN4O3. The molecule has 198 valence electrons. The summed E-state index contributed by atoms with van der Waals surface area (Å²) in [6.07, 6.45) is 0.312. The Morgan fingerprint density at radius 1 is 1.26 bits per heavy atom. The summed E-state index contributed by atoms with van der Waals surface area (Å²) >= 11 is 6.34. The maximum atomic E-state index is 13.0. The monoisotopic (exact) mass is 508 g/mol. The van der Waals surface area contributed by atoms with E-state index in [1.54, 1.807) is 11.0 Å². The summed E-state index contributed by atoms with van der Waals surface area (Å²) in [5.41, 5.74) is 6.90. The van der Waals surface area contributed by atoms with Gasteiger partial charge in [-0.1, -0.05) is 58.4 Å². The lowest BCUT2D eigenvalue weighted by Crippen LogP contribution is -2.64. The van der Waals surface area contributed by atoms with Gasteiger partial charge in [-0.15, -0.1) is 0 Å². The minimum Gasteiger partial charge on any atom is -0.391 e. The number of halogens is 1. The van der Waals surface area contributed by atoms with E-state index >= 15 is 0 Å². The van der Waals surface area contributed by atoms with Gasteiger partial charge in [-0.25, -0.2) is 0 Å². The van der Waals surface area contributed by atoms with Crippen LogP contribution in [-0.4, -0.2) is 65.7 Å². The number of nitrogens with zero attached hydrogens (tertiary/aromatic N) is 2. The fraction of sp³-hybridized carbons (Fsp3) is 0.704. The molecule has 1 aromatic rings. The molecular weight excluding hydrogens is 464 g/mol. The van der Waals surface area contributed by atoms with Crippen LogP contribution in [0.15, 0.2) is 24.3 Å². The van der Waals surface area contributed by atoms with Gasteiger partial charge in [-0.2, -0.15) is 0 Å². The third-order valence-corrected chi connectivity index (χ3v) is 7.23. The number of hydrogen-bond acceptors (Lipinski definition) is 5. The van der Waals surface area contributed by atoms with E-state index in [9.17, 15) is 14.7 Å². The van der Waals surface area contributed by atoms with Crippen molar-refractivity contribution in [2.75, 3.05) is 31.1 Å². The SMILES string of the molecule is CC(C)[C@H](C[C@H](O)[C@@H](N)CN1CC(=O)N(c2ccccc2Cl)CC1(C)C)C(=O)NCCC(C)(C)C. The molecule has 7 nitrogen and oxygen atoms in total. The van der Waals surface area contributed by atoms with Crippen molar-refractivity contribution in [3.63, 3.8) is 0 Å². The molecule has 1 aromatic carbocycles. The Labute approximate surface area is 216 Å². The molecule has 4 N–H and O–H groups in total. The highest BCUT2D eigenvalue weighted by atomic mass is 35.5. The molecule has 0 unspecified atom stereocenters. The highest BCUT2D eigenvalue weighted by Crippen LogP contribution is 2.31. The van der Waals surface area contributed by atoms with Crippen molar-refractivity contribution in [1.29, 1.82) is 0 Å². The molecule has 0 aromatic heterocycles. The van der Waals surface area contributed by atoms with Crippen molar-refractivity contribution in [3.8, 4) is 0 Å². The summed E-state index contributed by atoms with van der Waals surface area (Å²) in [5, 5.41) is 14.5. The summed E-state index contributed by atoms with van der Waals surface area (Å²) < 4.78 is 0. The van der Waals surface area contributed by atoms with Crippen molar-refractivity contribution < 1.29 is 14.7 Å². The zero-order valence-corrected chi connectivity index (χ0v) is 23.2. The van der Waals surface area contributed by atoms with Crippen LogP contribution in [0.5, 0.6) is 0 Å². The lowest BCUT2D eigenvalue weighted by Gasteiger charge is -2.47. The molecule has 0 bridgehead atoms. The minimum atomic E-state index is -0.858. The highest BCUT2D eigenvalue weighted by molar-refractivity contribution is 6.33. The highest BCUT2D eigenvalue weighted by Gasteiger charge is 2.40. The summed E-state index contributed by atoms with van der Waals surface area (Å²) in [7, 11) is 0. The van der Waals surface area contributed by atoms with Crippen molar-refractivity contribution in [2.24, 2.45) is 23.0 Å². The lowest BCUT2D eigenvalue weighted by molar-refractivity contribution is -0.127. The Morgan fingerprint density at radius 2 is 1.89 bits per heavy atom. The van der Waals surface area contributed by atoms with Crippen LogP contribution in [0.1, 0.15) is 61.3 Å². The number of aliphatic hydroxyl groups is 1. The molecule has 1 fully saturated rings. The van der Waals surface area contributed by atoms with Crippen LogP contribution in [0.25, 0.3) is 0 Å². The number of hydrogen-bond donors (Lipinski definition) is 3. The van der Waals surface area contributed by atoms with Gasteiger partial charge in [0.25, 0.3) is 0 Å². The number of piperazine rings is 1. The van der Waals surface area contributed by atoms with Gasteiger partial charge in [0, 0.05) is 37.1 Å². The minimum absolute atomic E-state index is 0.0423. The molecule has 8 heteroatoms. The van der Waals surface area contributed by atoms with E-state index < -0.39 is 12.1 Å². The molecule has 0 spiro atoms. The maximum Gasteiger partial charge on any atom is 0.241 e. The Morgan fingerprint density at radius 3 is 2.46 bits per heavy atom. The second kappa shape index (κ2) is 12.0. The summed E-state index contributed by atoms with van der Waals surface area (Å²) in [4.78, 5) is 29.6. The number of nitrogens with two attached hydrogens (primary N) is 1. The smallest absolute Gasteiger partial charge is 0.241 e. The van der Waals surface area contributed by atoms with Crippen LogP contribution in [0.2, 0.25) is 5.02 Å². The average Bonchev–Trinajstić information content (AvgIpc) is 2.73. The van der Waals surface area contributed by atoms with Crippen LogP contribution < -0.4 is 16.0 Å². The van der Waals surface area contributed by atoms with Gasteiger partial charge in [0.1, 0.15) is 0 Å². The largest absolute Gasteiger partial charge is 0.391 e. The van der Waals surface area contributed by atoms with E-state index in [1.807, 2.05) is 36.9 Å². The van der Waals surface area contributed by atoms with Gasteiger partial charge in [-0.3, -0.25) is 14.5 Å². The first kappa shape index (κ1) is 29.6. The first-order valence-electron chi connectivity index (χ1n) is 12.6. The van der Waals surface area contributed by atoms with Crippen LogP contribution in [0.3, 0.4) is 0 Å². The normalized spacial score (nSPS) is 19.5. The number of anilines is 1. The zero-order valence-electron chi connectivity index (χ0n) is 22.5. The molecule has 0 aliphatic carbocycles. The zero-order chi connectivity index (χ0) is 26.6. The Balaban J connectivity index is 2.00. The first-order chi connectivity index (χ1) is 16.1. The quantitative estimate of drug-likeness (QED) is 0.448. The predicted octanol–water partition coefficient (Wildman–Crippen LogP) is 3.67. The first-order valence-corrected chi connectivity index (χ1v) is 13.0. The Kier molecular flexibility index (Phi) is 10.2. The Hall–Kier alpha value is -1.67. The van der Waals surface area contributed by atoms with Gasteiger partial charge >= 0.3 is 0 Å². The topological polar surface area (TPSA) is 98.9 Å². The molecule has 0 radical (unpaired) electrons. The van der Waals surface area contributed by atoms with Crippen molar-refractivity contribution in [2.45, 2.75) is 79.0 Å². The summed E-state index contributed by atoms with van der Waals surface area (Å²) in [6.45, 7) is 16.1. The molecule has 35 heavy (non-hydrogen) atoms. The van der Waals surface area contributed by atoms with Gasteiger partial charge in [0.05, 0.1) is 23.4 Å². The predicted molar refractivity (Wildman–Crippen MR) is 143 cm³/mol.